The van der Waals surface area contributed by atoms with Crippen LogP contribution in [0.15, 0.2) is 0 Å². The lowest BCUT2D eigenvalue weighted by atomic mass is 10.1. The molecule has 0 unspecified atom stereocenters. The summed E-state index contributed by atoms with van der Waals surface area (Å²) in [5.41, 5.74) is 0. The van der Waals surface area contributed by atoms with E-state index in [4.69, 9.17) is 10.4 Å². The van der Waals surface area contributed by atoms with Gasteiger partial charge in [-0.3, -0.25) is 4.79 Å². The molecule has 0 saturated carbocycles. The average Bonchev–Trinajstić information content (AvgIpc) is 1.96. The van der Waals surface area contributed by atoms with Gasteiger partial charge in [-0.25, -0.2) is 4.79 Å². The molecule has 0 aliphatic heterocycles. The Balaban J connectivity index is 3.97. The quantitative estimate of drug-likeness (QED) is 0.615. The maximum absolute atomic E-state index is 10.5. The Labute approximate surface area is 70.0 Å². The van der Waals surface area contributed by atoms with Crippen LogP contribution in [0.25, 0.3) is 0 Å². The monoisotopic (exact) mass is 170 g/mol. The highest BCUT2D eigenvalue weighted by Crippen LogP contribution is 1.96. The topological polar surface area (TPSA) is 90.2 Å². The third kappa shape index (κ3) is 4.28. The summed E-state index contributed by atoms with van der Waals surface area (Å²) < 4.78 is 0. The lowest BCUT2D eigenvalue weighted by Crippen LogP contribution is -2.39. The van der Waals surface area contributed by atoms with E-state index in [1.54, 1.807) is 0 Å². The van der Waals surface area contributed by atoms with Crippen molar-refractivity contribution < 1.29 is 14.7 Å². The highest BCUT2D eigenvalue weighted by Gasteiger charge is 2.16. The number of nitrogens with zero attached hydrogens (tertiary/aromatic N) is 1. The third-order valence-electron chi connectivity index (χ3n) is 1.22. The second kappa shape index (κ2) is 5.13. The third-order valence-corrected chi connectivity index (χ3v) is 1.22. The van der Waals surface area contributed by atoms with Crippen molar-refractivity contribution in [3.8, 4) is 6.07 Å². The van der Waals surface area contributed by atoms with Gasteiger partial charge in [-0.05, 0) is 6.42 Å². The van der Waals surface area contributed by atoms with Gasteiger partial charge >= 0.3 is 5.97 Å². The van der Waals surface area contributed by atoms with Crippen molar-refractivity contribution in [1.29, 1.82) is 5.26 Å². The summed E-state index contributed by atoms with van der Waals surface area (Å²) in [5, 5.41) is 18.9. The number of amides is 1. The van der Waals surface area contributed by atoms with Crippen molar-refractivity contribution >= 4 is 11.9 Å². The van der Waals surface area contributed by atoms with Gasteiger partial charge in [-0.1, -0.05) is 0 Å². The molecule has 0 spiro atoms. The zero-order valence-corrected chi connectivity index (χ0v) is 6.70. The van der Waals surface area contributed by atoms with E-state index in [9.17, 15) is 9.59 Å². The van der Waals surface area contributed by atoms with Crippen LogP contribution in [0.5, 0.6) is 0 Å². The molecule has 0 aromatic carbocycles. The number of carbonyl (C=O) groups excluding carboxylic acids is 1. The fraction of sp³-hybridized carbons (Fsp3) is 0.571. The van der Waals surface area contributed by atoms with Crippen LogP contribution in [0, 0.1) is 11.3 Å². The van der Waals surface area contributed by atoms with E-state index < -0.39 is 17.9 Å². The Hall–Kier alpha value is -1.57. The van der Waals surface area contributed by atoms with Crippen LogP contribution < -0.4 is 5.32 Å². The highest BCUT2D eigenvalue weighted by atomic mass is 16.4. The average molecular weight is 170 g/mol. The minimum atomic E-state index is -1.11. The number of aliphatic carboxylic acids is 1. The summed E-state index contributed by atoms with van der Waals surface area (Å²) in [7, 11) is 0. The summed E-state index contributed by atoms with van der Waals surface area (Å²) in [4.78, 5) is 20.9. The molecule has 2 N–H and O–H groups in total. The second-order valence-electron chi connectivity index (χ2n) is 2.29. The number of hydrogen-bond donors (Lipinski definition) is 2. The normalized spacial score (nSPS) is 11.3. The molecular weight excluding hydrogens is 160 g/mol. The minimum absolute atomic E-state index is 0.122. The second-order valence-corrected chi connectivity index (χ2v) is 2.29. The van der Waals surface area contributed by atoms with E-state index in [0.29, 0.717) is 0 Å². The predicted octanol–water partition coefficient (Wildman–Crippen LogP) is -0.121. The van der Waals surface area contributed by atoms with Crippen LogP contribution >= 0.6 is 0 Å². The zero-order valence-electron chi connectivity index (χ0n) is 6.70. The number of hydrogen-bond acceptors (Lipinski definition) is 3. The molecule has 5 nitrogen and oxygen atoms in total. The molecule has 0 rings (SSSR count). The lowest BCUT2D eigenvalue weighted by molar-refractivity contribution is -0.141. The Kier molecular flexibility index (Phi) is 4.46. The molecular formula is C7H10N2O3. The molecule has 0 aromatic rings. The van der Waals surface area contributed by atoms with Crippen molar-refractivity contribution in [2.75, 3.05) is 0 Å². The van der Waals surface area contributed by atoms with E-state index in [2.05, 4.69) is 5.32 Å². The van der Waals surface area contributed by atoms with Crippen molar-refractivity contribution in [2.24, 2.45) is 0 Å². The van der Waals surface area contributed by atoms with Crippen LogP contribution in [0.3, 0.4) is 0 Å². The number of nitriles is 1. The summed E-state index contributed by atoms with van der Waals surface area (Å²) in [6.07, 6.45) is 0.267. The molecule has 0 aromatic heterocycles. The predicted molar refractivity (Wildman–Crippen MR) is 40.1 cm³/mol. The van der Waals surface area contributed by atoms with Gasteiger partial charge in [0.25, 0.3) is 0 Å². The van der Waals surface area contributed by atoms with Gasteiger partial charge in [0, 0.05) is 13.3 Å². The van der Waals surface area contributed by atoms with Gasteiger partial charge in [0.1, 0.15) is 6.04 Å². The minimum Gasteiger partial charge on any atom is -0.480 e. The van der Waals surface area contributed by atoms with Crippen LogP contribution in [-0.4, -0.2) is 23.0 Å². The zero-order chi connectivity index (χ0) is 9.56. The molecule has 0 fully saturated rings. The summed E-state index contributed by atoms with van der Waals surface area (Å²) in [6.45, 7) is 1.24. The molecule has 12 heavy (non-hydrogen) atoms. The fourth-order valence-corrected chi connectivity index (χ4v) is 0.712. The Morgan fingerprint density at radius 2 is 2.25 bits per heavy atom. The standard InChI is InChI=1S/C7H10N2O3/c1-5(10)9-6(7(11)12)3-2-4-8/h6H,2-3H2,1H3,(H,9,10)(H,11,12)/t6-/m1/s1. The first kappa shape index (κ1) is 10.4. The molecule has 0 heterocycles. The highest BCUT2D eigenvalue weighted by molar-refractivity contribution is 5.81. The maximum atomic E-state index is 10.5. The number of rotatable bonds is 4. The maximum Gasteiger partial charge on any atom is 0.326 e. The van der Waals surface area contributed by atoms with E-state index in [1.807, 2.05) is 6.07 Å². The molecule has 0 aliphatic carbocycles. The largest absolute Gasteiger partial charge is 0.480 e. The van der Waals surface area contributed by atoms with Gasteiger partial charge < -0.3 is 10.4 Å². The SMILES string of the molecule is CC(=O)N[C@H](CCC#N)C(=O)O. The van der Waals surface area contributed by atoms with Gasteiger partial charge in [0.2, 0.25) is 5.91 Å². The Morgan fingerprint density at radius 1 is 1.67 bits per heavy atom. The van der Waals surface area contributed by atoms with Gasteiger partial charge in [-0.2, -0.15) is 5.26 Å². The van der Waals surface area contributed by atoms with Crippen LogP contribution in [0.1, 0.15) is 19.8 Å². The smallest absolute Gasteiger partial charge is 0.326 e. The van der Waals surface area contributed by atoms with Gasteiger partial charge in [0.15, 0.2) is 0 Å². The fourth-order valence-electron chi connectivity index (χ4n) is 0.712. The first-order chi connectivity index (χ1) is 5.57. The van der Waals surface area contributed by atoms with Crippen molar-refractivity contribution in [1.82, 2.24) is 5.32 Å². The first-order valence-electron chi connectivity index (χ1n) is 3.44. The van der Waals surface area contributed by atoms with E-state index in [0.717, 1.165) is 0 Å². The Morgan fingerprint density at radius 3 is 2.58 bits per heavy atom. The number of carboxylic acids is 1. The molecule has 1 amide bonds. The van der Waals surface area contributed by atoms with Gasteiger partial charge in [0.05, 0.1) is 6.07 Å². The molecule has 0 saturated heterocycles. The molecule has 0 aliphatic rings. The van der Waals surface area contributed by atoms with Crippen molar-refractivity contribution in [2.45, 2.75) is 25.8 Å². The molecule has 5 heteroatoms. The van der Waals surface area contributed by atoms with Crippen LogP contribution in [0.2, 0.25) is 0 Å². The van der Waals surface area contributed by atoms with Crippen LogP contribution in [-0.2, 0) is 9.59 Å². The molecule has 0 radical (unpaired) electrons. The van der Waals surface area contributed by atoms with Crippen LogP contribution in [0.4, 0.5) is 0 Å². The number of carboxylic acid groups (broad SMARTS) is 1. The van der Waals surface area contributed by atoms with Gasteiger partial charge in [-0.15, -0.1) is 0 Å². The van der Waals surface area contributed by atoms with Crippen molar-refractivity contribution in [3.05, 3.63) is 0 Å². The first-order valence-corrected chi connectivity index (χ1v) is 3.44. The summed E-state index contributed by atoms with van der Waals surface area (Å²) in [6, 6.07) is 0.869. The van der Waals surface area contributed by atoms with E-state index >= 15 is 0 Å². The van der Waals surface area contributed by atoms with E-state index in [-0.39, 0.29) is 12.8 Å². The van der Waals surface area contributed by atoms with E-state index in [1.165, 1.54) is 6.92 Å². The Bertz CT molecular complexity index is 219. The number of nitrogens with one attached hydrogen (secondary N) is 1. The molecule has 1 atom stereocenters. The lowest BCUT2D eigenvalue weighted by Gasteiger charge is -2.10. The molecule has 0 bridgehead atoms. The van der Waals surface area contributed by atoms with Crippen molar-refractivity contribution in [3.63, 3.8) is 0 Å². The summed E-state index contributed by atoms with van der Waals surface area (Å²) >= 11 is 0. The summed E-state index contributed by atoms with van der Waals surface area (Å²) in [5.74, 6) is -1.51. The molecule has 66 valence electrons. The number of carbonyl (C=O) groups is 2.